The molecule has 0 amide bonds. The van der Waals surface area contributed by atoms with Gasteiger partial charge in [0, 0.05) is 12.6 Å². The summed E-state index contributed by atoms with van der Waals surface area (Å²) in [6, 6.07) is 1.33. The summed E-state index contributed by atoms with van der Waals surface area (Å²) in [5.41, 5.74) is 4.61. The Hall–Kier alpha value is -2.00. The van der Waals surface area contributed by atoms with Gasteiger partial charge in [-0.25, -0.2) is 9.18 Å². The Bertz CT molecular complexity index is 654. The lowest BCUT2D eigenvalue weighted by molar-refractivity contribution is -0.150. The predicted octanol–water partition coefficient (Wildman–Crippen LogP) is 1.33. The Balaban J connectivity index is 1.83. The molecule has 1 fully saturated rings. The fourth-order valence-electron chi connectivity index (χ4n) is 2.80. The van der Waals surface area contributed by atoms with Gasteiger partial charge in [-0.15, -0.1) is 0 Å². The molecule has 0 spiro atoms. The number of aliphatic hydroxyl groups is 1. The monoisotopic (exact) mass is 371 g/mol. The summed E-state index contributed by atoms with van der Waals surface area (Å²) in [4.78, 5) is 27.0. The lowest BCUT2D eigenvalue weighted by Crippen LogP contribution is -2.34. The number of carbonyl (C=O) groups excluding carboxylic acids is 1. The van der Waals surface area contributed by atoms with Crippen molar-refractivity contribution in [2.45, 2.75) is 70.1 Å². The zero-order valence-corrected chi connectivity index (χ0v) is 14.8. The molecule has 8 nitrogen and oxygen atoms in total. The topological polar surface area (TPSA) is 117 Å². The summed E-state index contributed by atoms with van der Waals surface area (Å²) in [7, 11) is 0. The second kappa shape index (κ2) is 9.63. The van der Waals surface area contributed by atoms with Gasteiger partial charge in [0.25, 0.3) is 0 Å². The van der Waals surface area contributed by atoms with Gasteiger partial charge >= 0.3 is 11.7 Å². The first-order chi connectivity index (χ1) is 12.4. The summed E-state index contributed by atoms with van der Waals surface area (Å²) in [6.07, 6.45) is 0.778. The maximum Gasteiger partial charge on any atom is 0.351 e. The fraction of sp³-hybridized carbons (Fsp3) is 0.706. The average Bonchev–Trinajstić information content (AvgIpc) is 2.88. The molecular formula is C17H26FN3O5. The van der Waals surface area contributed by atoms with Crippen molar-refractivity contribution in [3.8, 4) is 0 Å². The van der Waals surface area contributed by atoms with E-state index in [-0.39, 0.29) is 18.8 Å². The van der Waals surface area contributed by atoms with Gasteiger partial charge in [0.15, 0.2) is 12.4 Å². The highest BCUT2D eigenvalue weighted by molar-refractivity contribution is 5.69. The molecule has 4 atom stereocenters. The zero-order valence-electron chi connectivity index (χ0n) is 14.8. The number of nitrogens with two attached hydrogens (primary N) is 1. The van der Waals surface area contributed by atoms with Crippen molar-refractivity contribution in [2.75, 3.05) is 12.3 Å². The van der Waals surface area contributed by atoms with Crippen molar-refractivity contribution < 1.29 is 23.8 Å². The van der Waals surface area contributed by atoms with Gasteiger partial charge in [0.2, 0.25) is 0 Å². The van der Waals surface area contributed by atoms with E-state index < -0.39 is 36.3 Å². The number of ether oxygens (including phenoxy) is 2. The van der Waals surface area contributed by atoms with Gasteiger partial charge in [0.05, 0.1) is 0 Å². The number of esters is 1. The number of nitrogens with zero attached hydrogens (tertiary/aromatic N) is 2. The highest BCUT2D eigenvalue weighted by Crippen LogP contribution is 2.31. The third-order valence-corrected chi connectivity index (χ3v) is 4.31. The highest BCUT2D eigenvalue weighted by Gasteiger charge is 2.46. The maximum absolute atomic E-state index is 14.3. The SMILES string of the molecule is CCCCCCCC(=O)OC[C@H]1O[C@@H](n2ccc(N)nc2=O)[C@H](F)[C@@H]1O. The Kier molecular flexibility index (Phi) is 7.52. The van der Waals surface area contributed by atoms with Crippen LogP contribution in [-0.4, -0.2) is 45.6 Å². The number of rotatable bonds is 9. The van der Waals surface area contributed by atoms with E-state index >= 15 is 0 Å². The number of aliphatic hydroxyl groups excluding tert-OH is 1. The first-order valence-corrected chi connectivity index (χ1v) is 8.92. The minimum Gasteiger partial charge on any atom is -0.463 e. The zero-order chi connectivity index (χ0) is 19.1. The van der Waals surface area contributed by atoms with E-state index in [4.69, 9.17) is 15.2 Å². The van der Waals surface area contributed by atoms with Crippen molar-refractivity contribution >= 4 is 11.8 Å². The third-order valence-electron chi connectivity index (χ3n) is 4.31. The van der Waals surface area contributed by atoms with Crippen LogP contribution in [0, 0.1) is 0 Å². The third kappa shape index (κ3) is 5.25. The van der Waals surface area contributed by atoms with Gasteiger partial charge in [-0.05, 0) is 12.5 Å². The molecule has 1 saturated heterocycles. The van der Waals surface area contributed by atoms with E-state index in [9.17, 15) is 19.1 Å². The first-order valence-electron chi connectivity index (χ1n) is 8.92. The molecule has 1 aromatic heterocycles. The van der Waals surface area contributed by atoms with Crippen LogP contribution in [-0.2, 0) is 14.3 Å². The second-order valence-corrected chi connectivity index (χ2v) is 6.39. The lowest BCUT2D eigenvalue weighted by Gasteiger charge is -2.16. The quantitative estimate of drug-likeness (QED) is 0.497. The van der Waals surface area contributed by atoms with Crippen LogP contribution in [0.3, 0.4) is 0 Å². The minimum atomic E-state index is -1.85. The first kappa shape index (κ1) is 20.3. The predicted molar refractivity (Wildman–Crippen MR) is 92.1 cm³/mol. The molecular weight excluding hydrogens is 345 g/mol. The van der Waals surface area contributed by atoms with E-state index in [2.05, 4.69) is 11.9 Å². The van der Waals surface area contributed by atoms with Crippen molar-refractivity contribution in [1.29, 1.82) is 0 Å². The molecule has 0 radical (unpaired) electrons. The molecule has 0 saturated carbocycles. The summed E-state index contributed by atoms with van der Waals surface area (Å²) in [5, 5.41) is 9.97. The van der Waals surface area contributed by atoms with E-state index in [1.54, 1.807) is 0 Å². The number of hydrogen-bond acceptors (Lipinski definition) is 7. The number of halogens is 1. The van der Waals surface area contributed by atoms with Crippen molar-refractivity contribution in [2.24, 2.45) is 0 Å². The minimum absolute atomic E-state index is 0.00428. The molecule has 2 heterocycles. The van der Waals surface area contributed by atoms with Crippen LogP contribution >= 0.6 is 0 Å². The Labute approximate surface area is 151 Å². The molecule has 26 heavy (non-hydrogen) atoms. The number of unbranched alkanes of at least 4 members (excludes halogenated alkanes) is 4. The van der Waals surface area contributed by atoms with Gasteiger partial charge in [-0.1, -0.05) is 32.6 Å². The number of anilines is 1. The molecule has 9 heteroatoms. The summed E-state index contributed by atoms with van der Waals surface area (Å²) in [5.74, 6) is -0.410. The second-order valence-electron chi connectivity index (χ2n) is 6.39. The number of hydrogen-bond donors (Lipinski definition) is 2. The van der Waals surface area contributed by atoms with Crippen LogP contribution < -0.4 is 11.4 Å². The van der Waals surface area contributed by atoms with E-state index in [0.717, 1.165) is 36.7 Å². The Morgan fingerprint density at radius 3 is 2.85 bits per heavy atom. The molecule has 1 aliphatic rings. The van der Waals surface area contributed by atoms with Gasteiger partial charge in [0.1, 0.15) is 24.6 Å². The summed E-state index contributed by atoms with van der Waals surface area (Å²) in [6.45, 7) is 1.84. The van der Waals surface area contributed by atoms with Crippen molar-refractivity contribution in [3.63, 3.8) is 0 Å². The van der Waals surface area contributed by atoms with Crippen LogP contribution in [0.5, 0.6) is 0 Å². The van der Waals surface area contributed by atoms with Crippen LogP contribution in [0.2, 0.25) is 0 Å². The molecule has 0 aromatic carbocycles. The maximum atomic E-state index is 14.3. The smallest absolute Gasteiger partial charge is 0.351 e. The van der Waals surface area contributed by atoms with Gasteiger partial charge in [-0.3, -0.25) is 9.36 Å². The molecule has 1 aliphatic heterocycles. The van der Waals surface area contributed by atoms with Crippen LogP contribution in [0.15, 0.2) is 17.1 Å². The van der Waals surface area contributed by atoms with Crippen LogP contribution in [0.1, 0.15) is 51.7 Å². The fourth-order valence-corrected chi connectivity index (χ4v) is 2.80. The normalized spacial score (nSPS) is 25.3. The molecule has 1 aromatic rings. The van der Waals surface area contributed by atoms with Crippen LogP contribution in [0.25, 0.3) is 0 Å². The molecule has 0 aliphatic carbocycles. The number of aromatic nitrogens is 2. The molecule has 0 bridgehead atoms. The average molecular weight is 371 g/mol. The summed E-state index contributed by atoms with van der Waals surface area (Å²) >= 11 is 0. The van der Waals surface area contributed by atoms with E-state index in [1.807, 2.05) is 0 Å². The van der Waals surface area contributed by atoms with E-state index in [1.165, 1.54) is 12.3 Å². The van der Waals surface area contributed by atoms with E-state index in [0.29, 0.717) is 0 Å². The van der Waals surface area contributed by atoms with Gasteiger partial charge in [-0.2, -0.15) is 4.98 Å². The molecule has 0 unspecified atom stereocenters. The number of alkyl halides is 1. The van der Waals surface area contributed by atoms with Gasteiger partial charge < -0.3 is 20.3 Å². The highest BCUT2D eigenvalue weighted by atomic mass is 19.1. The van der Waals surface area contributed by atoms with Crippen LogP contribution in [0.4, 0.5) is 10.2 Å². The summed E-state index contributed by atoms with van der Waals surface area (Å²) < 4.78 is 25.7. The Morgan fingerprint density at radius 2 is 2.15 bits per heavy atom. The lowest BCUT2D eigenvalue weighted by atomic mass is 10.1. The number of carbonyl (C=O) groups is 1. The van der Waals surface area contributed by atoms with Crippen molar-refractivity contribution in [1.82, 2.24) is 9.55 Å². The molecule has 146 valence electrons. The molecule has 2 rings (SSSR count). The van der Waals surface area contributed by atoms with Crippen molar-refractivity contribution in [3.05, 3.63) is 22.7 Å². The Morgan fingerprint density at radius 1 is 1.42 bits per heavy atom. The standard InChI is InChI=1S/C17H26FN3O5/c1-2-3-4-5-6-7-13(22)25-10-11-15(23)14(18)16(26-11)21-9-8-12(19)20-17(21)24/h8-9,11,14-16,23H,2-7,10H2,1H3,(H2,19,20,24)/t11-,14-,15-,16-/m1/s1. The largest absolute Gasteiger partial charge is 0.463 e. The molecule has 3 N–H and O–H groups in total. The number of nitrogen functional groups attached to an aromatic ring is 1.